The number of hydrogen-bond acceptors (Lipinski definition) is 6. The van der Waals surface area contributed by atoms with Crippen molar-refractivity contribution in [3.63, 3.8) is 0 Å². The fraction of sp³-hybridized carbons (Fsp3) is 0.500. The third-order valence-corrected chi connectivity index (χ3v) is 5.90. The number of carboxylic acid groups (broad SMARTS) is 1. The van der Waals surface area contributed by atoms with Crippen molar-refractivity contribution in [3.05, 3.63) is 18.2 Å². The lowest BCUT2D eigenvalue weighted by atomic mass is 10.1. The molecule has 0 saturated carbocycles. The molecule has 24 heavy (non-hydrogen) atoms. The van der Waals surface area contributed by atoms with Gasteiger partial charge in [-0.15, -0.1) is 0 Å². The molecule has 0 amide bonds. The number of nitrogens with one attached hydrogen (secondary N) is 1. The molecule has 1 aromatic carbocycles. The number of benzene rings is 1. The lowest BCUT2D eigenvalue weighted by molar-refractivity contribution is -0.139. The zero-order valence-corrected chi connectivity index (χ0v) is 15.3. The van der Waals surface area contributed by atoms with E-state index < -0.39 is 36.8 Å². The summed E-state index contributed by atoms with van der Waals surface area (Å²) in [5, 5.41) is 9.17. The smallest absolute Gasteiger partial charge is 0.321 e. The van der Waals surface area contributed by atoms with E-state index in [1.165, 1.54) is 19.2 Å². The summed E-state index contributed by atoms with van der Waals surface area (Å²) in [6.45, 7) is 1.85. The highest BCUT2D eigenvalue weighted by molar-refractivity contribution is 7.91. The minimum atomic E-state index is -4.28. The minimum Gasteiger partial charge on any atom is -0.495 e. The highest BCUT2D eigenvalue weighted by Gasteiger charge is 2.28. The van der Waals surface area contributed by atoms with E-state index in [2.05, 4.69) is 4.72 Å². The van der Waals surface area contributed by atoms with E-state index in [1.54, 1.807) is 0 Å². The first-order valence-electron chi connectivity index (χ1n) is 7.16. The second kappa shape index (κ2) is 7.95. The molecule has 0 aliphatic heterocycles. The lowest BCUT2D eigenvalue weighted by Crippen LogP contribution is -2.40. The zero-order valence-electron chi connectivity index (χ0n) is 13.6. The van der Waals surface area contributed by atoms with Gasteiger partial charge in [0.1, 0.15) is 16.7 Å². The molecule has 1 atom stereocenters. The van der Waals surface area contributed by atoms with Gasteiger partial charge in [-0.3, -0.25) is 4.79 Å². The van der Waals surface area contributed by atoms with Crippen LogP contribution in [0.3, 0.4) is 0 Å². The third kappa shape index (κ3) is 5.18. The SMILES string of the molecule is CCCC[C@H](NS(=O)(=O)c1cc(S(C)(=O)=O)ccc1OC)C(=O)O. The molecule has 1 rings (SSSR count). The van der Waals surface area contributed by atoms with Gasteiger partial charge in [0.05, 0.1) is 12.0 Å². The summed E-state index contributed by atoms with van der Waals surface area (Å²) in [7, 11) is -6.68. The average molecular weight is 379 g/mol. The van der Waals surface area contributed by atoms with Gasteiger partial charge in [-0.25, -0.2) is 16.8 Å². The van der Waals surface area contributed by atoms with Crippen LogP contribution in [-0.2, 0) is 24.7 Å². The van der Waals surface area contributed by atoms with Crippen molar-refractivity contribution in [2.24, 2.45) is 0 Å². The molecule has 0 saturated heterocycles. The maximum atomic E-state index is 12.5. The third-order valence-electron chi connectivity index (χ3n) is 3.29. The summed E-state index contributed by atoms with van der Waals surface area (Å²) < 4.78 is 55.4. The number of sulfonamides is 1. The standard InChI is InChI=1S/C14H21NO7S2/c1-4-5-6-11(14(16)17)15-24(20,21)13-9-10(23(3,18)19)7-8-12(13)22-2/h7-9,11,15H,4-6H2,1-3H3,(H,16,17)/t11-/m0/s1. The van der Waals surface area contributed by atoms with E-state index in [9.17, 15) is 21.6 Å². The van der Waals surface area contributed by atoms with E-state index >= 15 is 0 Å². The minimum absolute atomic E-state index is 0.0745. The number of aliphatic carboxylic acids is 1. The van der Waals surface area contributed by atoms with Gasteiger partial charge in [0.2, 0.25) is 10.0 Å². The monoisotopic (exact) mass is 379 g/mol. The average Bonchev–Trinajstić information content (AvgIpc) is 2.49. The van der Waals surface area contributed by atoms with Crippen LogP contribution in [-0.4, -0.2) is 47.3 Å². The molecule has 1 aromatic rings. The molecule has 0 unspecified atom stereocenters. The number of unbranched alkanes of at least 4 members (excludes halogenated alkanes) is 1. The largest absolute Gasteiger partial charge is 0.495 e. The van der Waals surface area contributed by atoms with Crippen molar-refractivity contribution >= 4 is 25.8 Å². The van der Waals surface area contributed by atoms with Gasteiger partial charge in [-0.2, -0.15) is 4.72 Å². The Bertz CT molecular complexity index is 800. The summed E-state index contributed by atoms with van der Waals surface area (Å²) in [4.78, 5) is 10.6. The maximum Gasteiger partial charge on any atom is 0.321 e. The lowest BCUT2D eigenvalue weighted by Gasteiger charge is -2.16. The highest BCUT2D eigenvalue weighted by Crippen LogP contribution is 2.27. The van der Waals surface area contributed by atoms with Crippen molar-refractivity contribution in [3.8, 4) is 5.75 Å². The highest BCUT2D eigenvalue weighted by atomic mass is 32.2. The number of rotatable bonds is 9. The molecule has 2 N–H and O–H groups in total. The van der Waals surface area contributed by atoms with Crippen molar-refractivity contribution in [2.45, 2.75) is 42.0 Å². The van der Waals surface area contributed by atoms with Crippen LogP contribution in [0.4, 0.5) is 0 Å². The Morgan fingerprint density at radius 2 is 1.92 bits per heavy atom. The predicted octanol–water partition coefficient (Wildman–Crippen LogP) is 1.02. The molecule has 0 spiro atoms. The van der Waals surface area contributed by atoms with Crippen LogP contribution in [0.5, 0.6) is 5.75 Å². The van der Waals surface area contributed by atoms with Crippen LogP contribution in [0.1, 0.15) is 26.2 Å². The Balaban J connectivity index is 3.32. The Hall–Kier alpha value is -1.65. The topological polar surface area (TPSA) is 127 Å². The van der Waals surface area contributed by atoms with E-state index in [-0.39, 0.29) is 17.1 Å². The van der Waals surface area contributed by atoms with Gasteiger partial charge < -0.3 is 9.84 Å². The van der Waals surface area contributed by atoms with Gasteiger partial charge in [0.15, 0.2) is 9.84 Å². The molecule has 0 radical (unpaired) electrons. The summed E-state index contributed by atoms with van der Waals surface area (Å²) in [5.41, 5.74) is 0. The van der Waals surface area contributed by atoms with Crippen LogP contribution in [0.25, 0.3) is 0 Å². The van der Waals surface area contributed by atoms with E-state index in [1.807, 2.05) is 6.92 Å². The molecule has 8 nitrogen and oxygen atoms in total. The van der Waals surface area contributed by atoms with Crippen LogP contribution in [0.15, 0.2) is 28.0 Å². The fourth-order valence-electron chi connectivity index (χ4n) is 1.99. The Morgan fingerprint density at radius 3 is 2.38 bits per heavy atom. The number of carbonyl (C=O) groups is 1. The summed E-state index contributed by atoms with van der Waals surface area (Å²) in [6, 6.07) is 2.09. The Labute approximate surface area is 141 Å². The molecular weight excluding hydrogens is 358 g/mol. The Kier molecular flexibility index (Phi) is 6.76. The fourth-order valence-corrected chi connectivity index (χ4v) is 4.13. The quantitative estimate of drug-likeness (QED) is 0.656. The number of ether oxygens (including phenoxy) is 1. The summed E-state index contributed by atoms with van der Waals surface area (Å²) >= 11 is 0. The molecule has 0 heterocycles. The van der Waals surface area contributed by atoms with Gasteiger partial charge in [-0.05, 0) is 24.6 Å². The first-order valence-corrected chi connectivity index (χ1v) is 10.5. The van der Waals surface area contributed by atoms with E-state index in [0.29, 0.717) is 12.8 Å². The first kappa shape index (κ1) is 20.4. The second-order valence-electron chi connectivity index (χ2n) is 5.24. The van der Waals surface area contributed by atoms with Gasteiger partial charge in [0.25, 0.3) is 0 Å². The number of hydrogen-bond donors (Lipinski definition) is 2. The van der Waals surface area contributed by atoms with Crippen molar-refractivity contribution < 1.29 is 31.5 Å². The number of sulfone groups is 1. The molecule has 136 valence electrons. The molecule has 10 heteroatoms. The summed E-state index contributed by atoms with van der Waals surface area (Å²) in [6.07, 6.45) is 2.30. The van der Waals surface area contributed by atoms with Crippen LogP contribution in [0.2, 0.25) is 0 Å². The van der Waals surface area contributed by atoms with Gasteiger partial charge >= 0.3 is 5.97 Å². The normalized spacial score (nSPS) is 13.5. The van der Waals surface area contributed by atoms with E-state index in [4.69, 9.17) is 9.84 Å². The molecule has 0 bridgehead atoms. The molecular formula is C14H21NO7S2. The zero-order chi connectivity index (χ0) is 18.5. The van der Waals surface area contributed by atoms with Gasteiger partial charge in [0, 0.05) is 6.26 Å². The van der Waals surface area contributed by atoms with Crippen LogP contribution >= 0.6 is 0 Å². The number of methoxy groups -OCH3 is 1. The first-order chi connectivity index (χ1) is 11.0. The molecule has 0 aliphatic carbocycles. The summed E-state index contributed by atoms with van der Waals surface area (Å²) in [5.74, 6) is -1.38. The van der Waals surface area contributed by atoms with Crippen molar-refractivity contribution in [1.82, 2.24) is 4.72 Å². The second-order valence-corrected chi connectivity index (χ2v) is 8.94. The Morgan fingerprint density at radius 1 is 1.29 bits per heavy atom. The molecule has 0 aliphatic rings. The number of carboxylic acids is 1. The maximum absolute atomic E-state index is 12.5. The van der Waals surface area contributed by atoms with Gasteiger partial charge in [-0.1, -0.05) is 19.8 Å². The van der Waals surface area contributed by atoms with Crippen LogP contribution < -0.4 is 9.46 Å². The van der Waals surface area contributed by atoms with Crippen LogP contribution in [0, 0.1) is 0 Å². The van der Waals surface area contributed by atoms with Crippen molar-refractivity contribution in [2.75, 3.05) is 13.4 Å². The predicted molar refractivity (Wildman–Crippen MR) is 87.4 cm³/mol. The van der Waals surface area contributed by atoms with E-state index in [0.717, 1.165) is 12.3 Å². The molecule has 0 aromatic heterocycles. The van der Waals surface area contributed by atoms with Crippen molar-refractivity contribution in [1.29, 1.82) is 0 Å². The molecule has 0 fully saturated rings.